The third-order valence-electron chi connectivity index (χ3n) is 4.48. The maximum atomic E-state index is 14.1. The van der Waals surface area contributed by atoms with Crippen molar-refractivity contribution in [3.05, 3.63) is 0 Å². The average molecular weight is 213 g/mol. The number of halogens is 1. The largest absolute Gasteiger partial charge is 0.381 e. The zero-order chi connectivity index (χ0) is 10.3. The fourth-order valence-corrected chi connectivity index (χ4v) is 3.75. The molecule has 3 aliphatic rings. The van der Waals surface area contributed by atoms with Gasteiger partial charge < -0.3 is 10.1 Å². The summed E-state index contributed by atoms with van der Waals surface area (Å²) in [6.07, 6.45) is 4.69. The second-order valence-electron chi connectivity index (χ2n) is 5.33. The molecule has 0 spiro atoms. The van der Waals surface area contributed by atoms with Crippen molar-refractivity contribution in [1.82, 2.24) is 5.32 Å². The predicted molar refractivity (Wildman–Crippen MR) is 56.5 cm³/mol. The smallest absolute Gasteiger partial charge is 0.106 e. The molecule has 2 bridgehead atoms. The molecule has 4 atom stereocenters. The van der Waals surface area contributed by atoms with Gasteiger partial charge in [0.2, 0.25) is 0 Å². The summed E-state index contributed by atoms with van der Waals surface area (Å²) >= 11 is 0. The van der Waals surface area contributed by atoms with Gasteiger partial charge in [0, 0.05) is 31.2 Å². The van der Waals surface area contributed by atoms with Crippen LogP contribution in [0.25, 0.3) is 0 Å². The van der Waals surface area contributed by atoms with E-state index in [0.717, 1.165) is 32.5 Å². The van der Waals surface area contributed by atoms with Gasteiger partial charge in [0.25, 0.3) is 0 Å². The third-order valence-corrected chi connectivity index (χ3v) is 4.48. The highest BCUT2D eigenvalue weighted by Gasteiger charge is 2.45. The van der Waals surface area contributed by atoms with Gasteiger partial charge in [-0.05, 0) is 38.0 Å². The van der Waals surface area contributed by atoms with Gasteiger partial charge in [0.1, 0.15) is 6.17 Å². The van der Waals surface area contributed by atoms with Crippen molar-refractivity contribution in [2.45, 2.75) is 50.4 Å². The van der Waals surface area contributed by atoms with Crippen LogP contribution in [0.3, 0.4) is 0 Å². The van der Waals surface area contributed by atoms with Gasteiger partial charge in [-0.25, -0.2) is 4.39 Å². The SMILES string of the molecule is FC1CC2CCC(N2)C1C1CCOCC1. The van der Waals surface area contributed by atoms with Gasteiger partial charge in [0.05, 0.1) is 0 Å². The van der Waals surface area contributed by atoms with E-state index in [1.54, 1.807) is 0 Å². The first-order chi connectivity index (χ1) is 7.34. The van der Waals surface area contributed by atoms with Gasteiger partial charge >= 0.3 is 0 Å². The third kappa shape index (κ3) is 1.80. The maximum absolute atomic E-state index is 14.1. The number of hydrogen-bond donors (Lipinski definition) is 1. The van der Waals surface area contributed by atoms with Crippen LogP contribution in [0.2, 0.25) is 0 Å². The number of nitrogens with one attached hydrogen (secondary N) is 1. The molecule has 0 aromatic heterocycles. The summed E-state index contributed by atoms with van der Waals surface area (Å²) in [5, 5.41) is 3.59. The number of alkyl halides is 1. The summed E-state index contributed by atoms with van der Waals surface area (Å²) in [4.78, 5) is 0. The lowest BCUT2D eigenvalue weighted by Crippen LogP contribution is -2.50. The summed E-state index contributed by atoms with van der Waals surface area (Å²) in [6, 6.07) is 0.933. The molecule has 3 fully saturated rings. The molecule has 86 valence electrons. The molecule has 0 aromatic carbocycles. The minimum atomic E-state index is -0.563. The molecule has 3 heteroatoms. The van der Waals surface area contributed by atoms with E-state index in [0.29, 0.717) is 18.0 Å². The molecule has 2 nitrogen and oxygen atoms in total. The van der Waals surface area contributed by atoms with Crippen molar-refractivity contribution in [2.24, 2.45) is 11.8 Å². The Hall–Kier alpha value is -0.150. The molecule has 0 aromatic rings. The van der Waals surface area contributed by atoms with Crippen LogP contribution >= 0.6 is 0 Å². The molecule has 3 heterocycles. The van der Waals surface area contributed by atoms with Crippen molar-refractivity contribution >= 4 is 0 Å². The van der Waals surface area contributed by atoms with E-state index in [2.05, 4.69) is 5.32 Å². The van der Waals surface area contributed by atoms with E-state index in [4.69, 9.17) is 4.74 Å². The Morgan fingerprint density at radius 1 is 1.07 bits per heavy atom. The standard InChI is InChI=1S/C12H20FNO/c13-10-7-9-1-2-11(14-9)12(10)8-3-5-15-6-4-8/h8-12,14H,1-7H2. The van der Waals surface area contributed by atoms with E-state index < -0.39 is 6.17 Å². The lowest BCUT2D eigenvalue weighted by molar-refractivity contribution is 0.00548. The van der Waals surface area contributed by atoms with E-state index >= 15 is 0 Å². The van der Waals surface area contributed by atoms with Gasteiger partial charge in [-0.2, -0.15) is 0 Å². The minimum Gasteiger partial charge on any atom is -0.381 e. The van der Waals surface area contributed by atoms with Crippen molar-refractivity contribution in [3.8, 4) is 0 Å². The van der Waals surface area contributed by atoms with Crippen LogP contribution in [0, 0.1) is 11.8 Å². The van der Waals surface area contributed by atoms with E-state index in [-0.39, 0.29) is 5.92 Å². The van der Waals surface area contributed by atoms with Crippen LogP contribution in [0.5, 0.6) is 0 Å². The molecule has 0 saturated carbocycles. The van der Waals surface area contributed by atoms with Gasteiger partial charge in [-0.1, -0.05) is 0 Å². The Morgan fingerprint density at radius 2 is 1.87 bits per heavy atom. The molecular formula is C12H20FNO. The predicted octanol–water partition coefficient (Wildman–Crippen LogP) is 1.89. The first-order valence-electron chi connectivity index (χ1n) is 6.32. The van der Waals surface area contributed by atoms with Crippen LogP contribution in [0.1, 0.15) is 32.1 Å². The highest BCUT2D eigenvalue weighted by molar-refractivity contribution is 5.00. The summed E-state index contributed by atoms with van der Waals surface area (Å²) in [6.45, 7) is 1.67. The van der Waals surface area contributed by atoms with Gasteiger partial charge in [0.15, 0.2) is 0 Å². The Balaban J connectivity index is 1.71. The van der Waals surface area contributed by atoms with Crippen LogP contribution in [0.15, 0.2) is 0 Å². The maximum Gasteiger partial charge on any atom is 0.106 e. The lowest BCUT2D eigenvalue weighted by Gasteiger charge is -2.40. The fourth-order valence-electron chi connectivity index (χ4n) is 3.75. The Bertz CT molecular complexity index is 230. The lowest BCUT2D eigenvalue weighted by atomic mass is 9.76. The second-order valence-corrected chi connectivity index (χ2v) is 5.33. The topological polar surface area (TPSA) is 21.3 Å². The molecule has 1 N–H and O–H groups in total. The second kappa shape index (κ2) is 4.02. The van der Waals surface area contributed by atoms with Crippen molar-refractivity contribution in [3.63, 3.8) is 0 Å². The highest BCUT2D eigenvalue weighted by Crippen LogP contribution is 2.40. The number of ether oxygens (including phenoxy) is 1. The van der Waals surface area contributed by atoms with Crippen molar-refractivity contribution in [1.29, 1.82) is 0 Å². The quantitative estimate of drug-likeness (QED) is 0.718. The monoisotopic (exact) mass is 213 g/mol. The summed E-state index contributed by atoms with van der Waals surface area (Å²) < 4.78 is 19.5. The number of fused-ring (bicyclic) bond motifs is 2. The van der Waals surface area contributed by atoms with E-state index in [9.17, 15) is 4.39 Å². The molecule has 0 aliphatic carbocycles. The zero-order valence-corrected chi connectivity index (χ0v) is 9.12. The first kappa shape index (κ1) is 10.0. The first-order valence-corrected chi connectivity index (χ1v) is 6.32. The van der Waals surface area contributed by atoms with E-state index in [1.165, 1.54) is 12.8 Å². The Labute approximate surface area is 90.6 Å². The molecule has 3 saturated heterocycles. The highest BCUT2D eigenvalue weighted by atomic mass is 19.1. The molecule has 0 amide bonds. The van der Waals surface area contributed by atoms with Crippen LogP contribution in [-0.2, 0) is 4.74 Å². The van der Waals surface area contributed by atoms with Crippen molar-refractivity contribution < 1.29 is 9.13 Å². The summed E-state index contributed by atoms with van der Waals surface area (Å²) in [5.74, 6) is 0.831. The molecular weight excluding hydrogens is 193 g/mol. The molecule has 3 rings (SSSR count). The zero-order valence-electron chi connectivity index (χ0n) is 9.12. The normalized spacial score (nSPS) is 47.0. The fraction of sp³-hybridized carbons (Fsp3) is 1.00. The number of hydrogen-bond acceptors (Lipinski definition) is 2. The Morgan fingerprint density at radius 3 is 2.67 bits per heavy atom. The van der Waals surface area contributed by atoms with E-state index in [1.807, 2.05) is 0 Å². The minimum absolute atomic E-state index is 0.271. The molecule has 15 heavy (non-hydrogen) atoms. The van der Waals surface area contributed by atoms with Crippen LogP contribution in [-0.4, -0.2) is 31.5 Å². The summed E-state index contributed by atoms with van der Waals surface area (Å²) in [7, 11) is 0. The molecule has 0 radical (unpaired) electrons. The number of piperidine rings is 1. The average Bonchev–Trinajstić information content (AvgIpc) is 2.62. The van der Waals surface area contributed by atoms with Gasteiger partial charge in [-0.15, -0.1) is 0 Å². The summed E-state index contributed by atoms with van der Waals surface area (Å²) in [5.41, 5.74) is 0. The Kier molecular flexibility index (Phi) is 2.69. The van der Waals surface area contributed by atoms with Crippen LogP contribution in [0.4, 0.5) is 4.39 Å². The van der Waals surface area contributed by atoms with Crippen molar-refractivity contribution in [2.75, 3.05) is 13.2 Å². The van der Waals surface area contributed by atoms with Crippen LogP contribution < -0.4 is 5.32 Å². The molecule has 3 aliphatic heterocycles. The molecule has 4 unspecified atom stereocenters. The number of rotatable bonds is 1. The van der Waals surface area contributed by atoms with Gasteiger partial charge in [-0.3, -0.25) is 0 Å².